The Labute approximate surface area is 203 Å². The maximum absolute atomic E-state index is 14.7. The monoisotopic (exact) mass is 480 g/mol. The molecule has 0 aliphatic carbocycles. The number of aromatic nitrogens is 2. The molecular formula is C26H29FN4O4. The molecule has 0 aliphatic rings. The normalized spacial score (nSPS) is 12.1. The van der Waals surface area contributed by atoms with Crippen LogP contribution in [-0.2, 0) is 32.9 Å². The molecule has 2 amide bonds. The van der Waals surface area contributed by atoms with Gasteiger partial charge in [-0.15, -0.1) is 0 Å². The van der Waals surface area contributed by atoms with Crippen molar-refractivity contribution < 1.29 is 18.7 Å². The van der Waals surface area contributed by atoms with Crippen LogP contribution in [0.4, 0.5) is 10.1 Å². The molecule has 2 aromatic carbocycles. The van der Waals surface area contributed by atoms with E-state index in [1.807, 2.05) is 20.8 Å². The quantitative estimate of drug-likeness (QED) is 0.515. The van der Waals surface area contributed by atoms with Gasteiger partial charge in [0, 0.05) is 25.1 Å². The number of nitrogens with one attached hydrogen (secondary N) is 2. The minimum Gasteiger partial charge on any atom is -0.380 e. The number of hydrogen-bond acceptors (Lipinski definition) is 5. The van der Waals surface area contributed by atoms with Gasteiger partial charge in [0.1, 0.15) is 18.4 Å². The molecule has 3 rings (SSSR count). The van der Waals surface area contributed by atoms with Crippen LogP contribution in [0.3, 0.4) is 0 Å². The number of rotatable bonds is 8. The topological polar surface area (TPSA) is 102 Å². The largest absolute Gasteiger partial charge is 0.380 e. The summed E-state index contributed by atoms with van der Waals surface area (Å²) in [6.45, 7) is 5.78. The molecule has 0 aliphatic heterocycles. The predicted molar refractivity (Wildman–Crippen MR) is 130 cm³/mol. The van der Waals surface area contributed by atoms with Gasteiger partial charge in [-0.3, -0.25) is 19.0 Å². The van der Waals surface area contributed by atoms with E-state index in [1.165, 1.54) is 24.7 Å². The van der Waals surface area contributed by atoms with E-state index in [4.69, 9.17) is 4.74 Å². The van der Waals surface area contributed by atoms with Crippen LogP contribution in [0.1, 0.15) is 43.5 Å². The summed E-state index contributed by atoms with van der Waals surface area (Å²) in [6.07, 6.45) is 2.58. The molecule has 35 heavy (non-hydrogen) atoms. The highest BCUT2D eigenvalue weighted by Crippen LogP contribution is 2.27. The number of benzene rings is 2. The first-order valence-corrected chi connectivity index (χ1v) is 11.1. The summed E-state index contributed by atoms with van der Waals surface area (Å²) in [7, 11) is 1.58. The SMILES string of the molecule is COCc1ccc(C(NC(=O)Cn2cnccc2=O)C(=O)Nc2ccc(C(C)(C)C)c(F)c2)cc1. The molecule has 8 nitrogen and oxygen atoms in total. The highest BCUT2D eigenvalue weighted by molar-refractivity contribution is 5.97. The first-order chi connectivity index (χ1) is 16.6. The summed E-state index contributed by atoms with van der Waals surface area (Å²) in [5, 5.41) is 5.35. The lowest BCUT2D eigenvalue weighted by Crippen LogP contribution is -2.40. The average Bonchev–Trinajstić information content (AvgIpc) is 2.79. The molecule has 2 N–H and O–H groups in total. The summed E-state index contributed by atoms with van der Waals surface area (Å²) in [5.41, 5.74) is 1.41. The number of amides is 2. The van der Waals surface area contributed by atoms with Gasteiger partial charge in [-0.25, -0.2) is 9.37 Å². The Morgan fingerprint density at radius 2 is 1.83 bits per heavy atom. The van der Waals surface area contributed by atoms with Crippen LogP contribution in [0.5, 0.6) is 0 Å². The fourth-order valence-corrected chi connectivity index (χ4v) is 3.55. The zero-order valence-electron chi connectivity index (χ0n) is 20.2. The molecule has 184 valence electrons. The van der Waals surface area contributed by atoms with E-state index < -0.39 is 34.6 Å². The van der Waals surface area contributed by atoms with E-state index in [9.17, 15) is 18.8 Å². The number of anilines is 1. The first-order valence-electron chi connectivity index (χ1n) is 11.1. The van der Waals surface area contributed by atoms with Gasteiger partial charge < -0.3 is 15.4 Å². The van der Waals surface area contributed by atoms with Gasteiger partial charge in [-0.05, 0) is 34.2 Å². The molecule has 0 saturated carbocycles. The van der Waals surface area contributed by atoms with E-state index in [0.717, 1.165) is 10.1 Å². The second-order valence-electron chi connectivity index (χ2n) is 9.16. The van der Waals surface area contributed by atoms with Gasteiger partial charge in [-0.1, -0.05) is 51.1 Å². The number of methoxy groups -OCH3 is 1. The number of nitrogens with zero attached hydrogens (tertiary/aromatic N) is 2. The van der Waals surface area contributed by atoms with Gasteiger partial charge in [0.2, 0.25) is 5.91 Å². The van der Waals surface area contributed by atoms with Crippen molar-refractivity contribution in [1.29, 1.82) is 0 Å². The van der Waals surface area contributed by atoms with Crippen LogP contribution < -0.4 is 16.2 Å². The van der Waals surface area contributed by atoms with Crippen LogP contribution in [0, 0.1) is 5.82 Å². The molecule has 1 heterocycles. The minimum atomic E-state index is -1.09. The van der Waals surface area contributed by atoms with Crippen molar-refractivity contribution in [3.8, 4) is 0 Å². The Morgan fingerprint density at radius 1 is 1.11 bits per heavy atom. The summed E-state index contributed by atoms with van der Waals surface area (Å²) >= 11 is 0. The zero-order chi connectivity index (χ0) is 25.6. The molecule has 0 saturated heterocycles. The number of carbonyl (C=O) groups is 2. The van der Waals surface area contributed by atoms with Crippen molar-refractivity contribution in [3.63, 3.8) is 0 Å². The summed E-state index contributed by atoms with van der Waals surface area (Å²) < 4.78 is 20.9. The lowest BCUT2D eigenvalue weighted by molar-refractivity contribution is -0.127. The average molecular weight is 481 g/mol. The second kappa shape index (κ2) is 11.1. The summed E-state index contributed by atoms with van der Waals surface area (Å²) in [5.74, 6) is -1.55. The predicted octanol–water partition coefficient (Wildman–Crippen LogP) is 3.32. The van der Waals surface area contributed by atoms with Gasteiger partial charge >= 0.3 is 0 Å². The fraction of sp³-hybridized carbons (Fsp3) is 0.308. The maximum atomic E-state index is 14.7. The van der Waals surface area contributed by atoms with Gasteiger partial charge in [0.05, 0.1) is 12.9 Å². The van der Waals surface area contributed by atoms with Gasteiger partial charge in [-0.2, -0.15) is 0 Å². The molecule has 1 atom stereocenters. The van der Waals surface area contributed by atoms with E-state index in [0.29, 0.717) is 17.7 Å². The maximum Gasteiger partial charge on any atom is 0.253 e. The lowest BCUT2D eigenvalue weighted by atomic mass is 9.86. The molecule has 9 heteroatoms. The van der Waals surface area contributed by atoms with E-state index in [2.05, 4.69) is 15.6 Å². The summed E-state index contributed by atoms with van der Waals surface area (Å²) in [6, 6.07) is 11.7. The van der Waals surface area contributed by atoms with Crippen molar-refractivity contribution in [2.75, 3.05) is 12.4 Å². The van der Waals surface area contributed by atoms with Gasteiger partial charge in [0.15, 0.2) is 0 Å². The van der Waals surface area contributed by atoms with E-state index in [-0.39, 0.29) is 12.2 Å². The van der Waals surface area contributed by atoms with Crippen molar-refractivity contribution >= 4 is 17.5 Å². The van der Waals surface area contributed by atoms with Gasteiger partial charge in [0.25, 0.3) is 11.5 Å². The molecule has 1 aromatic heterocycles. The zero-order valence-corrected chi connectivity index (χ0v) is 20.2. The third-order valence-electron chi connectivity index (χ3n) is 5.34. The van der Waals surface area contributed by atoms with Crippen molar-refractivity contribution in [3.05, 3.63) is 93.9 Å². The molecular weight excluding hydrogens is 451 g/mol. The molecule has 0 radical (unpaired) electrons. The van der Waals surface area contributed by atoms with Crippen molar-refractivity contribution in [1.82, 2.24) is 14.9 Å². The smallest absolute Gasteiger partial charge is 0.253 e. The summed E-state index contributed by atoms with van der Waals surface area (Å²) in [4.78, 5) is 41.7. The van der Waals surface area contributed by atoms with Crippen LogP contribution in [0.25, 0.3) is 0 Å². The minimum absolute atomic E-state index is 0.263. The Kier molecular flexibility index (Phi) is 8.14. The van der Waals surface area contributed by atoms with E-state index in [1.54, 1.807) is 43.5 Å². The standard InChI is InChI=1S/C26H29FN4O4/c1-26(2,3)20-10-9-19(13-21(20)27)29-25(34)24(18-7-5-17(6-8-18)15-35-4)30-22(32)14-31-16-28-12-11-23(31)33/h5-13,16,24H,14-15H2,1-4H3,(H,29,34)(H,30,32). The van der Waals surface area contributed by atoms with Crippen LogP contribution in [0.15, 0.2) is 65.8 Å². The third kappa shape index (κ3) is 6.83. The Morgan fingerprint density at radius 3 is 2.43 bits per heavy atom. The highest BCUT2D eigenvalue weighted by Gasteiger charge is 2.24. The molecule has 0 bridgehead atoms. The fourth-order valence-electron chi connectivity index (χ4n) is 3.55. The van der Waals surface area contributed by atoms with Crippen LogP contribution >= 0.6 is 0 Å². The highest BCUT2D eigenvalue weighted by atomic mass is 19.1. The first kappa shape index (κ1) is 25.8. The van der Waals surface area contributed by atoms with Crippen molar-refractivity contribution in [2.45, 2.75) is 45.4 Å². The Bertz CT molecular complexity index is 1250. The molecule has 0 spiro atoms. The molecule has 0 fully saturated rings. The van der Waals surface area contributed by atoms with Crippen molar-refractivity contribution in [2.24, 2.45) is 0 Å². The number of ether oxygens (including phenoxy) is 1. The molecule has 1 unspecified atom stereocenters. The molecule has 3 aromatic rings. The Balaban J connectivity index is 1.85. The number of hydrogen-bond donors (Lipinski definition) is 2. The Hall–Kier alpha value is -3.85. The number of halogens is 1. The second-order valence-corrected chi connectivity index (χ2v) is 9.16. The third-order valence-corrected chi connectivity index (χ3v) is 5.34. The van der Waals surface area contributed by atoms with Crippen LogP contribution in [-0.4, -0.2) is 28.5 Å². The van der Waals surface area contributed by atoms with Crippen LogP contribution in [0.2, 0.25) is 0 Å². The number of carbonyl (C=O) groups excluding carboxylic acids is 2. The van der Waals surface area contributed by atoms with E-state index >= 15 is 0 Å². The lowest BCUT2D eigenvalue weighted by Gasteiger charge is -2.22.